The highest BCUT2D eigenvalue weighted by atomic mass is 31.2. The van der Waals surface area contributed by atoms with Gasteiger partial charge in [-0.3, -0.25) is 4.57 Å². The topological polar surface area (TPSA) is 65.0 Å². The third-order valence-corrected chi connectivity index (χ3v) is 6.95. The van der Waals surface area contributed by atoms with Gasteiger partial charge in [0.05, 0.1) is 0 Å². The zero-order valence-electron chi connectivity index (χ0n) is 9.94. The van der Waals surface area contributed by atoms with E-state index >= 15 is 0 Å². The zero-order chi connectivity index (χ0) is 12.0. The lowest BCUT2D eigenvalue weighted by atomic mass is 9.98. The highest BCUT2D eigenvalue weighted by molar-refractivity contribution is 7.61. The Morgan fingerprint density at radius 2 is 1.31 bits per heavy atom. The van der Waals surface area contributed by atoms with E-state index in [1.165, 1.54) is 0 Å². The lowest BCUT2D eigenvalue weighted by molar-refractivity contribution is -0.472. The quantitative estimate of drug-likeness (QED) is 0.664. The molecule has 5 nitrogen and oxygen atoms in total. The highest BCUT2D eigenvalue weighted by Gasteiger charge is 2.76. The minimum absolute atomic E-state index is 0.291. The standard InChI is InChI=1S/C10H17O5P/c1-7-5-9(3)15-8(2,13-7)6-10(4,14-7)16(9,11)12/h5-6H2,1-4H3,(H,11,12). The lowest BCUT2D eigenvalue weighted by Crippen LogP contribution is -2.72. The summed E-state index contributed by atoms with van der Waals surface area (Å²) in [6.07, 6.45) is 0.581. The summed E-state index contributed by atoms with van der Waals surface area (Å²) in [5.41, 5.74) is 0. The molecule has 4 saturated heterocycles. The summed E-state index contributed by atoms with van der Waals surface area (Å²) in [5.74, 6) is -1.63. The molecule has 16 heavy (non-hydrogen) atoms. The van der Waals surface area contributed by atoms with Crippen molar-refractivity contribution in [2.24, 2.45) is 0 Å². The number of ether oxygens (including phenoxy) is 3. The fourth-order valence-corrected chi connectivity index (χ4v) is 6.31. The number of rotatable bonds is 0. The van der Waals surface area contributed by atoms with Crippen molar-refractivity contribution in [2.75, 3.05) is 0 Å². The normalized spacial score (nSPS) is 68.6. The van der Waals surface area contributed by atoms with Crippen LogP contribution in [0.25, 0.3) is 0 Å². The summed E-state index contributed by atoms with van der Waals surface area (Å²) in [7, 11) is -3.54. The van der Waals surface area contributed by atoms with Crippen molar-refractivity contribution in [1.29, 1.82) is 0 Å². The van der Waals surface area contributed by atoms with E-state index in [0.717, 1.165) is 0 Å². The highest BCUT2D eigenvalue weighted by Crippen LogP contribution is 2.79. The first kappa shape index (κ1) is 11.2. The Kier molecular flexibility index (Phi) is 1.69. The molecule has 0 aromatic rings. The molecule has 0 aromatic carbocycles. The van der Waals surface area contributed by atoms with Gasteiger partial charge in [0.2, 0.25) is 0 Å². The van der Waals surface area contributed by atoms with Crippen molar-refractivity contribution < 1.29 is 23.7 Å². The second-order valence-electron chi connectivity index (χ2n) is 5.85. The summed E-state index contributed by atoms with van der Waals surface area (Å²) in [6, 6.07) is 0. The van der Waals surface area contributed by atoms with Gasteiger partial charge in [0.15, 0.2) is 22.3 Å². The number of hydrogen-bond donors (Lipinski definition) is 1. The van der Waals surface area contributed by atoms with Crippen LogP contribution in [0.2, 0.25) is 0 Å². The molecule has 0 radical (unpaired) electrons. The molecule has 4 aliphatic rings. The Bertz CT molecular complexity index is 371. The molecule has 0 aliphatic carbocycles. The molecule has 4 atom stereocenters. The van der Waals surface area contributed by atoms with Crippen molar-refractivity contribution in [3.63, 3.8) is 0 Å². The minimum atomic E-state index is -3.54. The van der Waals surface area contributed by atoms with Gasteiger partial charge in [0, 0.05) is 12.8 Å². The zero-order valence-corrected chi connectivity index (χ0v) is 10.8. The van der Waals surface area contributed by atoms with Crippen molar-refractivity contribution in [2.45, 2.75) is 62.8 Å². The second-order valence-corrected chi connectivity index (χ2v) is 8.90. The average molecular weight is 248 g/mol. The van der Waals surface area contributed by atoms with Crippen LogP contribution in [0, 0.1) is 0 Å². The van der Waals surface area contributed by atoms with Crippen LogP contribution in [0.15, 0.2) is 0 Å². The van der Waals surface area contributed by atoms with E-state index in [-0.39, 0.29) is 0 Å². The average Bonchev–Trinajstić information content (AvgIpc) is 1.93. The minimum Gasteiger partial charge on any atom is -0.340 e. The fourth-order valence-electron chi connectivity index (χ4n) is 3.68. The summed E-state index contributed by atoms with van der Waals surface area (Å²) >= 11 is 0. The molecule has 0 amide bonds. The predicted octanol–water partition coefficient (Wildman–Crippen LogP) is 1.99. The van der Waals surface area contributed by atoms with E-state index in [1.807, 2.05) is 13.8 Å². The largest absolute Gasteiger partial charge is 0.340 e. The van der Waals surface area contributed by atoms with Crippen LogP contribution >= 0.6 is 7.37 Å². The maximum atomic E-state index is 12.5. The Balaban J connectivity index is 2.22. The van der Waals surface area contributed by atoms with Crippen LogP contribution in [0.1, 0.15) is 40.5 Å². The molecule has 4 bridgehead atoms. The van der Waals surface area contributed by atoms with Gasteiger partial charge < -0.3 is 19.1 Å². The van der Waals surface area contributed by atoms with Crippen molar-refractivity contribution in [3.8, 4) is 0 Å². The Morgan fingerprint density at radius 3 is 1.69 bits per heavy atom. The maximum Gasteiger partial charge on any atom is 0.262 e. The third kappa shape index (κ3) is 1.04. The monoisotopic (exact) mass is 248 g/mol. The van der Waals surface area contributed by atoms with Crippen molar-refractivity contribution >= 4 is 7.37 Å². The molecule has 4 rings (SSSR count). The summed E-state index contributed by atoms with van der Waals surface area (Å²) in [4.78, 5) is 10.3. The predicted molar refractivity (Wildman–Crippen MR) is 55.9 cm³/mol. The molecule has 92 valence electrons. The van der Waals surface area contributed by atoms with Gasteiger partial charge in [0.1, 0.15) is 0 Å². The van der Waals surface area contributed by atoms with Crippen molar-refractivity contribution in [3.05, 3.63) is 0 Å². The first-order valence-electron chi connectivity index (χ1n) is 5.47. The second kappa shape index (κ2) is 2.43. The molecule has 0 spiro atoms. The molecular formula is C10H17O5P. The summed E-state index contributed by atoms with van der Waals surface area (Å²) in [6.45, 7) is 6.99. The van der Waals surface area contributed by atoms with Crippen LogP contribution in [0.5, 0.6) is 0 Å². The Morgan fingerprint density at radius 1 is 0.938 bits per heavy atom. The van der Waals surface area contributed by atoms with Gasteiger partial charge in [0.25, 0.3) is 7.37 Å². The van der Waals surface area contributed by atoms with Gasteiger partial charge in [-0.05, 0) is 27.7 Å². The third-order valence-electron chi connectivity index (χ3n) is 3.88. The summed E-state index contributed by atoms with van der Waals surface area (Å²) < 4.78 is 29.7. The molecule has 4 unspecified atom stereocenters. The lowest BCUT2D eigenvalue weighted by Gasteiger charge is -2.67. The van der Waals surface area contributed by atoms with Crippen LogP contribution in [-0.4, -0.2) is 27.2 Å². The molecule has 1 N–H and O–H groups in total. The van der Waals surface area contributed by atoms with Gasteiger partial charge >= 0.3 is 0 Å². The molecule has 4 heterocycles. The van der Waals surface area contributed by atoms with Gasteiger partial charge in [-0.15, -0.1) is 0 Å². The van der Waals surface area contributed by atoms with Crippen LogP contribution in [0.4, 0.5) is 0 Å². The Hall–Kier alpha value is 0.0700. The molecule has 4 fully saturated rings. The molecule has 4 aliphatic heterocycles. The first-order chi connectivity index (χ1) is 7.04. The van der Waals surface area contributed by atoms with Crippen molar-refractivity contribution in [1.82, 2.24) is 0 Å². The molecule has 6 heteroatoms. The van der Waals surface area contributed by atoms with Gasteiger partial charge in [-0.25, -0.2) is 0 Å². The van der Waals surface area contributed by atoms with E-state index in [0.29, 0.717) is 12.8 Å². The van der Waals surface area contributed by atoms with Gasteiger partial charge in [-0.2, -0.15) is 0 Å². The summed E-state index contributed by atoms with van der Waals surface area (Å²) in [5, 5.41) is -2.11. The fraction of sp³-hybridized carbons (Fsp3) is 1.00. The Labute approximate surface area is 94.5 Å². The van der Waals surface area contributed by atoms with Crippen LogP contribution in [0.3, 0.4) is 0 Å². The smallest absolute Gasteiger partial charge is 0.262 e. The van der Waals surface area contributed by atoms with E-state index in [9.17, 15) is 9.46 Å². The van der Waals surface area contributed by atoms with E-state index in [2.05, 4.69) is 0 Å². The van der Waals surface area contributed by atoms with Crippen LogP contribution in [-0.2, 0) is 18.8 Å². The van der Waals surface area contributed by atoms with E-state index in [1.54, 1.807) is 13.8 Å². The number of hydrogen-bond acceptors (Lipinski definition) is 4. The SMILES string of the molecule is CC12CC3(C)OC(C)(CC(C)(O1)P3(=O)O)O2. The van der Waals surface area contributed by atoms with E-state index in [4.69, 9.17) is 14.2 Å². The maximum absolute atomic E-state index is 12.5. The van der Waals surface area contributed by atoms with Crippen LogP contribution < -0.4 is 0 Å². The molecular weight excluding hydrogens is 231 g/mol. The first-order valence-corrected chi connectivity index (χ1v) is 7.13. The molecule has 0 saturated carbocycles. The molecule has 0 aromatic heterocycles. The van der Waals surface area contributed by atoms with E-state index < -0.39 is 29.6 Å². The van der Waals surface area contributed by atoms with Gasteiger partial charge in [-0.1, -0.05) is 0 Å².